The van der Waals surface area contributed by atoms with Gasteiger partial charge in [-0.1, -0.05) is 28.1 Å². The van der Waals surface area contributed by atoms with Crippen LogP contribution in [0, 0.1) is 17.8 Å². The van der Waals surface area contributed by atoms with Gasteiger partial charge in [-0.15, -0.1) is 6.58 Å². The van der Waals surface area contributed by atoms with Crippen LogP contribution in [0.15, 0.2) is 35.3 Å². The maximum absolute atomic E-state index is 13.0. The molecule has 0 spiro atoms. The standard InChI is InChI=1S/C18H21BrO2S/c1-2-12-5-8-16-14-7-4-11-3-6-13(19)9-15(11)17(14)22(21)10-18(12,16)20/h2-3,6,9,12,14,16-17,20H,1,4-5,7-8,10H2/t12-,14+,16+,17+,18+,22?/m1/s1. The van der Waals surface area contributed by atoms with Crippen LogP contribution in [0.2, 0.25) is 0 Å². The lowest BCUT2D eigenvalue weighted by molar-refractivity contribution is -0.0318. The predicted molar refractivity (Wildman–Crippen MR) is 93.1 cm³/mol. The van der Waals surface area contributed by atoms with Crippen LogP contribution < -0.4 is 0 Å². The Bertz CT molecular complexity index is 658. The molecule has 1 unspecified atom stereocenters. The van der Waals surface area contributed by atoms with Crippen molar-refractivity contribution in [3.63, 3.8) is 0 Å². The van der Waals surface area contributed by atoms with Crippen molar-refractivity contribution >= 4 is 26.7 Å². The van der Waals surface area contributed by atoms with Gasteiger partial charge in [-0.3, -0.25) is 4.21 Å². The van der Waals surface area contributed by atoms with E-state index in [1.165, 1.54) is 11.1 Å². The normalized spacial score (nSPS) is 43.1. The molecule has 22 heavy (non-hydrogen) atoms. The minimum Gasteiger partial charge on any atom is -0.388 e. The van der Waals surface area contributed by atoms with Gasteiger partial charge in [-0.05, 0) is 60.8 Å². The number of rotatable bonds is 1. The van der Waals surface area contributed by atoms with Crippen molar-refractivity contribution in [3.05, 3.63) is 46.5 Å². The Kier molecular flexibility index (Phi) is 3.63. The first kappa shape index (κ1) is 15.1. The molecule has 3 aliphatic rings. The highest BCUT2D eigenvalue weighted by molar-refractivity contribution is 9.10. The highest BCUT2D eigenvalue weighted by atomic mass is 79.9. The number of benzene rings is 1. The first-order valence-corrected chi connectivity index (χ1v) is 10.2. The van der Waals surface area contributed by atoms with Gasteiger partial charge in [0.2, 0.25) is 0 Å². The van der Waals surface area contributed by atoms with Gasteiger partial charge in [0.05, 0.1) is 16.6 Å². The first-order chi connectivity index (χ1) is 10.5. The summed E-state index contributed by atoms with van der Waals surface area (Å²) in [5.41, 5.74) is 1.78. The summed E-state index contributed by atoms with van der Waals surface area (Å²) in [5, 5.41) is 11.3. The molecule has 2 nitrogen and oxygen atoms in total. The van der Waals surface area contributed by atoms with Gasteiger partial charge < -0.3 is 5.11 Å². The van der Waals surface area contributed by atoms with Gasteiger partial charge in [-0.2, -0.15) is 0 Å². The molecule has 1 saturated carbocycles. The Balaban J connectivity index is 1.78. The lowest BCUT2D eigenvalue weighted by atomic mass is 9.70. The second-order valence-corrected chi connectivity index (χ2v) is 9.48. The molecule has 2 aliphatic carbocycles. The number of halogens is 1. The van der Waals surface area contributed by atoms with Crippen molar-refractivity contribution in [2.24, 2.45) is 17.8 Å². The van der Waals surface area contributed by atoms with E-state index < -0.39 is 16.4 Å². The summed E-state index contributed by atoms with van der Waals surface area (Å²) in [6.45, 7) is 3.89. The molecule has 118 valence electrons. The fraction of sp³-hybridized carbons (Fsp3) is 0.556. The smallest absolute Gasteiger partial charge is 0.0855 e. The molecule has 4 rings (SSSR count). The molecule has 1 saturated heterocycles. The van der Waals surface area contributed by atoms with E-state index in [1.54, 1.807) is 0 Å². The van der Waals surface area contributed by atoms with Crippen LogP contribution in [0.5, 0.6) is 0 Å². The molecule has 6 atom stereocenters. The van der Waals surface area contributed by atoms with Crippen molar-refractivity contribution < 1.29 is 9.32 Å². The van der Waals surface area contributed by atoms with Crippen molar-refractivity contribution in [3.8, 4) is 0 Å². The lowest BCUT2D eigenvalue weighted by Crippen LogP contribution is -2.54. The van der Waals surface area contributed by atoms with Crippen LogP contribution in [0.4, 0.5) is 0 Å². The Morgan fingerprint density at radius 3 is 2.95 bits per heavy atom. The van der Waals surface area contributed by atoms with E-state index >= 15 is 0 Å². The zero-order valence-electron chi connectivity index (χ0n) is 12.5. The van der Waals surface area contributed by atoms with E-state index in [1.807, 2.05) is 6.08 Å². The Morgan fingerprint density at radius 2 is 2.18 bits per heavy atom. The highest BCUT2D eigenvalue weighted by Gasteiger charge is 2.58. The van der Waals surface area contributed by atoms with Gasteiger partial charge in [0.15, 0.2) is 0 Å². The summed E-state index contributed by atoms with van der Waals surface area (Å²) in [5.74, 6) is 1.12. The zero-order chi connectivity index (χ0) is 15.5. The summed E-state index contributed by atoms with van der Waals surface area (Å²) < 4.78 is 14.1. The summed E-state index contributed by atoms with van der Waals surface area (Å²) >= 11 is 3.55. The maximum atomic E-state index is 13.0. The second-order valence-electron chi connectivity index (χ2n) is 7.01. The molecule has 1 aromatic carbocycles. The topological polar surface area (TPSA) is 37.3 Å². The van der Waals surface area contributed by atoms with E-state index in [0.717, 1.165) is 30.2 Å². The average molecular weight is 381 g/mol. The number of aryl methyl sites for hydroxylation is 1. The number of hydrogen-bond acceptors (Lipinski definition) is 2. The zero-order valence-corrected chi connectivity index (χ0v) is 14.9. The quantitative estimate of drug-likeness (QED) is 0.753. The first-order valence-electron chi connectivity index (χ1n) is 8.05. The average Bonchev–Trinajstić information content (AvgIpc) is 2.82. The van der Waals surface area contributed by atoms with Crippen LogP contribution in [0.1, 0.15) is 35.6 Å². The Labute approximate surface area is 142 Å². The van der Waals surface area contributed by atoms with Gasteiger partial charge in [0.1, 0.15) is 0 Å². The summed E-state index contributed by atoms with van der Waals surface area (Å²) in [6, 6.07) is 6.38. The van der Waals surface area contributed by atoms with Crippen LogP contribution in [-0.2, 0) is 17.2 Å². The Hall–Kier alpha value is -0.450. The van der Waals surface area contributed by atoms with E-state index in [4.69, 9.17) is 0 Å². The van der Waals surface area contributed by atoms with Crippen molar-refractivity contribution in [1.82, 2.24) is 0 Å². The fourth-order valence-corrected chi connectivity index (χ4v) is 7.74. The predicted octanol–water partition coefficient (Wildman–Crippen LogP) is 3.76. The minimum absolute atomic E-state index is 0.0927. The fourth-order valence-electron chi connectivity index (χ4n) is 5.08. The molecule has 0 radical (unpaired) electrons. The van der Waals surface area contributed by atoms with Crippen molar-refractivity contribution in [1.29, 1.82) is 0 Å². The molecule has 1 aliphatic heterocycles. The second kappa shape index (κ2) is 5.29. The summed E-state index contributed by atoms with van der Waals surface area (Å²) in [6.07, 6.45) is 5.98. The van der Waals surface area contributed by atoms with Crippen LogP contribution in [0.3, 0.4) is 0 Å². The van der Waals surface area contributed by atoms with E-state index in [-0.39, 0.29) is 17.1 Å². The molecule has 0 aromatic heterocycles. The van der Waals surface area contributed by atoms with E-state index in [2.05, 4.69) is 40.7 Å². The molecular weight excluding hydrogens is 360 g/mol. The molecule has 4 heteroatoms. The van der Waals surface area contributed by atoms with Crippen molar-refractivity contribution in [2.45, 2.75) is 36.5 Å². The van der Waals surface area contributed by atoms with Gasteiger partial charge in [0, 0.05) is 21.2 Å². The molecule has 1 heterocycles. The molecule has 0 amide bonds. The third-order valence-corrected chi connectivity index (χ3v) is 8.49. The molecule has 1 aromatic rings. The third kappa shape index (κ3) is 2.03. The monoisotopic (exact) mass is 380 g/mol. The molecular formula is C18H21BrO2S. The lowest BCUT2D eigenvalue weighted by Gasteiger charge is -2.48. The summed E-state index contributed by atoms with van der Waals surface area (Å²) in [4.78, 5) is 0. The third-order valence-electron chi connectivity index (χ3n) is 6.08. The van der Waals surface area contributed by atoms with E-state index in [9.17, 15) is 9.32 Å². The molecule has 2 fully saturated rings. The largest absolute Gasteiger partial charge is 0.388 e. The molecule has 1 N–H and O–H groups in total. The van der Waals surface area contributed by atoms with Crippen LogP contribution in [0.25, 0.3) is 0 Å². The maximum Gasteiger partial charge on any atom is 0.0855 e. The number of hydrogen-bond donors (Lipinski definition) is 1. The van der Waals surface area contributed by atoms with Gasteiger partial charge in [0.25, 0.3) is 0 Å². The summed E-state index contributed by atoms with van der Waals surface area (Å²) in [7, 11) is -1.02. The van der Waals surface area contributed by atoms with Gasteiger partial charge >= 0.3 is 0 Å². The van der Waals surface area contributed by atoms with Crippen molar-refractivity contribution in [2.75, 3.05) is 5.75 Å². The van der Waals surface area contributed by atoms with Crippen LogP contribution >= 0.6 is 15.9 Å². The highest BCUT2D eigenvalue weighted by Crippen LogP contribution is 2.57. The SMILES string of the molecule is C=C[C@@H]1CC[C@H]2[C@@H]3CCc4ccc(Br)cc4[C@H]3S(=O)C[C@]12O. The van der Waals surface area contributed by atoms with E-state index in [0.29, 0.717) is 11.7 Å². The number of aliphatic hydroxyl groups is 1. The molecule has 0 bridgehead atoms. The minimum atomic E-state index is -1.02. The van der Waals surface area contributed by atoms with Gasteiger partial charge in [-0.25, -0.2) is 0 Å². The number of fused-ring (bicyclic) bond motifs is 5. The Morgan fingerprint density at radius 1 is 1.36 bits per heavy atom. The van der Waals surface area contributed by atoms with Crippen LogP contribution in [-0.4, -0.2) is 20.7 Å².